The first-order valence-corrected chi connectivity index (χ1v) is 6.70. The highest BCUT2D eigenvalue weighted by molar-refractivity contribution is 5.84. The van der Waals surface area contributed by atoms with Gasteiger partial charge in [0.15, 0.2) is 0 Å². The number of hydrogen-bond donors (Lipinski definition) is 2. The zero-order valence-corrected chi connectivity index (χ0v) is 12.1. The molecule has 2 aromatic rings. The van der Waals surface area contributed by atoms with Gasteiger partial charge < -0.3 is 15.1 Å². The number of amides is 1. The summed E-state index contributed by atoms with van der Waals surface area (Å²) in [5, 5.41) is 6.03. The van der Waals surface area contributed by atoms with Crippen molar-refractivity contribution in [2.24, 2.45) is 0 Å². The van der Waals surface area contributed by atoms with Crippen LogP contribution in [0.3, 0.4) is 0 Å². The average Bonchev–Trinajstić information content (AvgIpc) is 2.93. The third-order valence-corrected chi connectivity index (χ3v) is 3.30. The van der Waals surface area contributed by atoms with E-state index >= 15 is 0 Å². The molecule has 0 aliphatic rings. The van der Waals surface area contributed by atoms with Crippen LogP contribution in [0.2, 0.25) is 0 Å². The van der Waals surface area contributed by atoms with Gasteiger partial charge in [-0.1, -0.05) is 6.07 Å². The number of carbonyl (C=O) groups excluding carboxylic acids is 1. The maximum absolute atomic E-state index is 12.0. The van der Waals surface area contributed by atoms with Gasteiger partial charge in [-0.3, -0.25) is 4.79 Å². The van der Waals surface area contributed by atoms with Crippen LogP contribution in [0, 0.1) is 13.8 Å². The van der Waals surface area contributed by atoms with E-state index in [-0.39, 0.29) is 11.9 Å². The van der Waals surface area contributed by atoms with Gasteiger partial charge in [-0.25, -0.2) is 0 Å². The van der Waals surface area contributed by atoms with Crippen LogP contribution in [0.15, 0.2) is 41.0 Å². The van der Waals surface area contributed by atoms with Crippen molar-refractivity contribution < 1.29 is 9.21 Å². The minimum Gasteiger partial charge on any atom is -0.467 e. The van der Waals surface area contributed by atoms with Crippen molar-refractivity contribution in [1.29, 1.82) is 0 Å². The minimum absolute atomic E-state index is 0.0559. The molecule has 1 heterocycles. The molecule has 20 heavy (non-hydrogen) atoms. The molecule has 1 unspecified atom stereocenters. The monoisotopic (exact) mass is 272 g/mol. The Morgan fingerprint density at radius 2 is 2.05 bits per heavy atom. The van der Waals surface area contributed by atoms with Gasteiger partial charge in [0, 0.05) is 5.69 Å². The van der Waals surface area contributed by atoms with Gasteiger partial charge in [0.2, 0.25) is 5.91 Å². The first kappa shape index (κ1) is 14.2. The molecule has 1 aromatic heterocycles. The van der Waals surface area contributed by atoms with E-state index in [0.29, 0.717) is 6.54 Å². The van der Waals surface area contributed by atoms with Crippen molar-refractivity contribution in [2.45, 2.75) is 33.4 Å². The first-order chi connectivity index (χ1) is 9.56. The molecular formula is C16H20N2O2. The zero-order valence-electron chi connectivity index (χ0n) is 12.1. The largest absolute Gasteiger partial charge is 0.467 e. The Morgan fingerprint density at radius 3 is 2.70 bits per heavy atom. The van der Waals surface area contributed by atoms with Crippen molar-refractivity contribution >= 4 is 11.6 Å². The Morgan fingerprint density at radius 1 is 1.25 bits per heavy atom. The summed E-state index contributed by atoms with van der Waals surface area (Å²) in [6.45, 7) is 6.37. The predicted molar refractivity (Wildman–Crippen MR) is 79.6 cm³/mol. The Hall–Kier alpha value is -2.23. The lowest BCUT2D eigenvalue weighted by Gasteiger charge is -2.15. The molecular weight excluding hydrogens is 252 g/mol. The summed E-state index contributed by atoms with van der Waals surface area (Å²) in [6, 6.07) is 9.42. The topological polar surface area (TPSA) is 54.3 Å². The fourth-order valence-corrected chi connectivity index (χ4v) is 1.89. The lowest BCUT2D eigenvalue weighted by molar-refractivity contribution is -0.121. The first-order valence-electron chi connectivity index (χ1n) is 6.70. The van der Waals surface area contributed by atoms with Crippen molar-refractivity contribution in [3.05, 3.63) is 53.5 Å². The van der Waals surface area contributed by atoms with E-state index in [1.807, 2.05) is 31.2 Å². The number of hydrogen-bond acceptors (Lipinski definition) is 3. The molecule has 0 spiro atoms. The molecule has 0 bridgehead atoms. The summed E-state index contributed by atoms with van der Waals surface area (Å²) in [4.78, 5) is 12.0. The molecule has 1 amide bonds. The minimum atomic E-state index is -0.299. The maximum atomic E-state index is 12.0. The lowest BCUT2D eigenvalue weighted by atomic mass is 10.1. The zero-order chi connectivity index (χ0) is 14.5. The van der Waals surface area contributed by atoms with Crippen molar-refractivity contribution in [3.8, 4) is 0 Å². The molecule has 0 radical (unpaired) electrons. The van der Waals surface area contributed by atoms with Crippen molar-refractivity contribution in [3.63, 3.8) is 0 Å². The van der Waals surface area contributed by atoms with E-state index in [9.17, 15) is 4.79 Å². The van der Waals surface area contributed by atoms with Crippen molar-refractivity contribution in [1.82, 2.24) is 5.32 Å². The van der Waals surface area contributed by atoms with Gasteiger partial charge in [0.25, 0.3) is 0 Å². The van der Waals surface area contributed by atoms with E-state index in [2.05, 4.69) is 24.5 Å². The molecule has 2 N–H and O–H groups in total. The SMILES string of the molecule is Cc1ccc(NC(C)C(=O)NCc2ccco2)cc1C. The van der Waals surface area contributed by atoms with Gasteiger partial charge in [-0.15, -0.1) is 0 Å². The Balaban J connectivity index is 1.88. The molecule has 0 aliphatic carbocycles. The van der Waals surface area contributed by atoms with E-state index in [0.717, 1.165) is 11.4 Å². The van der Waals surface area contributed by atoms with Crippen LogP contribution in [0.5, 0.6) is 0 Å². The number of benzene rings is 1. The summed E-state index contributed by atoms with van der Waals surface area (Å²) in [7, 11) is 0. The highest BCUT2D eigenvalue weighted by Crippen LogP contribution is 2.15. The van der Waals surface area contributed by atoms with E-state index in [1.165, 1.54) is 11.1 Å². The number of anilines is 1. The third kappa shape index (κ3) is 3.63. The van der Waals surface area contributed by atoms with Gasteiger partial charge in [0.05, 0.1) is 12.8 Å². The second-order valence-corrected chi connectivity index (χ2v) is 4.96. The number of furan rings is 1. The number of rotatable bonds is 5. The quantitative estimate of drug-likeness (QED) is 0.879. The Bertz CT molecular complexity index is 576. The van der Waals surface area contributed by atoms with Crippen LogP contribution < -0.4 is 10.6 Å². The normalized spacial score (nSPS) is 11.9. The number of aryl methyl sites for hydroxylation is 2. The van der Waals surface area contributed by atoms with E-state index in [4.69, 9.17) is 4.42 Å². The van der Waals surface area contributed by atoms with Gasteiger partial charge in [-0.05, 0) is 56.2 Å². The van der Waals surface area contributed by atoms with Gasteiger partial charge >= 0.3 is 0 Å². The molecule has 1 aromatic carbocycles. The van der Waals surface area contributed by atoms with Gasteiger partial charge in [-0.2, -0.15) is 0 Å². The summed E-state index contributed by atoms with van der Waals surface area (Å²) in [6.07, 6.45) is 1.60. The summed E-state index contributed by atoms with van der Waals surface area (Å²) < 4.78 is 5.18. The van der Waals surface area contributed by atoms with Gasteiger partial charge in [0.1, 0.15) is 11.8 Å². The molecule has 0 fully saturated rings. The third-order valence-electron chi connectivity index (χ3n) is 3.30. The van der Waals surface area contributed by atoms with Crippen LogP contribution in [-0.2, 0) is 11.3 Å². The summed E-state index contributed by atoms with van der Waals surface area (Å²) in [5.41, 5.74) is 3.40. The fraction of sp³-hybridized carbons (Fsp3) is 0.312. The average molecular weight is 272 g/mol. The molecule has 0 saturated heterocycles. The second kappa shape index (κ2) is 6.28. The predicted octanol–water partition coefficient (Wildman–Crippen LogP) is 3.01. The summed E-state index contributed by atoms with van der Waals surface area (Å²) >= 11 is 0. The highest BCUT2D eigenvalue weighted by Gasteiger charge is 2.12. The van der Waals surface area contributed by atoms with Crippen LogP contribution in [-0.4, -0.2) is 11.9 Å². The number of nitrogens with one attached hydrogen (secondary N) is 2. The maximum Gasteiger partial charge on any atom is 0.242 e. The molecule has 1 atom stereocenters. The Labute approximate surface area is 119 Å². The standard InChI is InChI=1S/C16H20N2O2/c1-11-6-7-14(9-12(11)2)18-13(3)16(19)17-10-15-5-4-8-20-15/h4-9,13,18H,10H2,1-3H3,(H,17,19). The van der Waals surface area contributed by atoms with Crippen LogP contribution >= 0.6 is 0 Å². The van der Waals surface area contributed by atoms with E-state index < -0.39 is 0 Å². The molecule has 0 aliphatic heterocycles. The molecule has 2 rings (SSSR count). The van der Waals surface area contributed by atoms with Crippen molar-refractivity contribution in [2.75, 3.05) is 5.32 Å². The summed E-state index contributed by atoms with van der Waals surface area (Å²) in [5.74, 6) is 0.691. The molecule has 106 valence electrons. The van der Waals surface area contributed by atoms with E-state index in [1.54, 1.807) is 12.3 Å². The molecule has 4 nitrogen and oxygen atoms in total. The fourth-order valence-electron chi connectivity index (χ4n) is 1.89. The number of carbonyl (C=O) groups is 1. The lowest BCUT2D eigenvalue weighted by Crippen LogP contribution is -2.37. The second-order valence-electron chi connectivity index (χ2n) is 4.96. The molecule has 4 heteroatoms. The van der Waals surface area contributed by atoms with Crippen LogP contribution in [0.4, 0.5) is 5.69 Å². The highest BCUT2D eigenvalue weighted by atomic mass is 16.3. The Kier molecular flexibility index (Phi) is 4.45. The molecule has 0 saturated carbocycles. The van der Waals surface area contributed by atoms with Crippen LogP contribution in [0.1, 0.15) is 23.8 Å². The smallest absolute Gasteiger partial charge is 0.242 e. The van der Waals surface area contributed by atoms with Crippen LogP contribution in [0.25, 0.3) is 0 Å².